The molecule has 0 aliphatic heterocycles. The molecule has 0 aliphatic rings. The van der Waals surface area contributed by atoms with Crippen LogP contribution in [0.15, 0.2) is 66.9 Å². The second-order valence-electron chi connectivity index (χ2n) is 5.80. The molecule has 0 aliphatic carbocycles. The van der Waals surface area contributed by atoms with Gasteiger partial charge in [-0.2, -0.15) is 0 Å². The maximum atomic E-state index is 12.6. The number of imidazole rings is 1. The number of aromatic amines is 1. The lowest BCUT2D eigenvalue weighted by molar-refractivity contribution is -0.132. The van der Waals surface area contributed by atoms with Crippen LogP contribution in [0.25, 0.3) is 11.3 Å². The highest BCUT2D eigenvalue weighted by Gasteiger charge is 2.22. The molecule has 5 heteroatoms. The highest BCUT2D eigenvalue weighted by atomic mass is 16.5. The van der Waals surface area contributed by atoms with Gasteiger partial charge in [-0.1, -0.05) is 60.7 Å². The molecule has 128 valence electrons. The van der Waals surface area contributed by atoms with Crippen LogP contribution in [0, 0.1) is 0 Å². The van der Waals surface area contributed by atoms with Crippen LogP contribution in [-0.4, -0.2) is 23.0 Å². The standard InChI is InChI=1S/C20H21N3O2/c1-14(19-21-13-17(23-19)15-9-5-3-6-10-15)22-20(24)18(25-2)16-11-7-4-8-12-16/h3-14,18H,1-2H3,(H,21,23)(H,22,24)/t14-,18+/m0/s1. The number of methoxy groups -OCH3 is 1. The predicted octanol–water partition coefficient (Wildman–Crippen LogP) is 3.64. The minimum Gasteiger partial charge on any atom is -0.367 e. The summed E-state index contributed by atoms with van der Waals surface area (Å²) in [6.07, 6.45) is 1.13. The average molecular weight is 335 g/mol. The number of hydrogen-bond acceptors (Lipinski definition) is 3. The van der Waals surface area contributed by atoms with E-state index in [1.54, 1.807) is 6.20 Å². The van der Waals surface area contributed by atoms with Crippen molar-refractivity contribution in [3.05, 3.63) is 78.2 Å². The summed E-state index contributed by atoms with van der Waals surface area (Å²) in [6.45, 7) is 1.89. The van der Waals surface area contributed by atoms with Crippen LogP contribution >= 0.6 is 0 Å². The van der Waals surface area contributed by atoms with Gasteiger partial charge in [0, 0.05) is 7.11 Å². The predicted molar refractivity (Wildman–Crippen MR) is 96.8 cm³/mol. The first kappa shape index (κ1) is 16.9. The quantitative estimate of drug-likeness (QED) is 0.723. The molecule has 3 rings (SSSR count). The maximum Gasteiger partial charge on any atom is 0.254 e. The minimum atomic E-state index is -0.646. The van der Waals surface area contributed by atoms with E-state index in [2.05, 4.69) is 15.3 Å². The van der Waals surface area contributed by atoms with E-state index >= 15 is 0 Å². The monoisotopic (exact) mass is 335 g/mol. The molecule has 1 aromatic heterocycles. The van der Waals surface area contributed by atoms with Gasteiger partial charge in [0.25, 0.3) is 5.91 Å². The molecule has 0 unspecified atom stereocenters. The zero-order chi connectivity index (χ0) is 17.6. The Balaban J connectivity index is 1.70. The third-order valence-electron chi connectivity index (χ3n) is 4.03. The fourth-order valence-corrected chi connectivity index (χ4v) is 2.70. The van der Waals surface area contributed by atoms with Crippen molar-refractivity contribution in [3.63, 3.8) is 0 Å². The normalized spacial score (nSPS) is 13.2. The minimum absolute atomic E-state index is 0.195. The first-order valence-corrected chi connectivity index (χ1v) is 8.17. The Morgan fingerprint density at radius 3 is 2.36 bits per heavy atom. The third kappa shape index (κ3) is 3.95. The first-order chi connectivity index (χ1) is 12.2. The second kappa shape index (κ2) is 7.77. The van der Waals surface area contributed by atoms with E-state index in [1.807, 2.05) is 67.6 Å². The van der Waals surface area contributed by atoms with E-state index in [0.29, 0.717) is 5.82 Å². The molecule has 1 amide bonds. The summed E-state index contributed by atoms with van der Waals surface area (Å²) < 4.78 is 5.37. The summed E-state index contributed by atoms with van der Waals surface area (Å²) >= 11 is 0. The lowest BCUT2D eigenvalue weighted by Crippen LogP contribution is -2.33. The Morgan fingerprint density at radius 1 is 1.08 bits per heavy atom. The lowest BCUT2D eigenvalue weighted by atomic mass is 10.1. The van der Waals surface area contributed by atoms with Gasteiger partial charge in [0.1, 0.15) is 5.82 Å². The number of H-pyrrole nitrogens is 1. The molecule has 2 aromatic carbocycles. The van der Waals surface area contributed by atoms with Crippen molar-refractivity contribution in [2.45, 2.75) is 19.1 Å². The molecule has 1 heterocycles. The average Bonchev–Trinajstić information content (AvgIpc) is 3.14. The van der Waals surface area contributed by atoms with Crippen LogP contribution in [0.5, 0.6) is 0 Å². The van der Waals surface area contributed by atoms with Gasteiger partial charge in [-0.3, -0.25) is 4.79 Å². The summed E-state index contributed by atoms with van der Waals surface area (Å²) in [5.74, 6) is 0.508. The van der Waals surface area contributed by atoms with Gasteiger partial charge in [-0.15, -0.1) is 0 Å². The fraction of sp³-hybridized carbons (Fsp3) is 0.200. The largest absolute Gasteiger partial charge is 0.367 e. The van der Waals surface area contributed by atoms with Gasteiger partial charge in [0.05, 0.1) is 17.9 Å². The van der Waals surface area contributed by atoms with Crippen molar-refractivity contribution >= 4 is 5.91 Å². The van der Waals surface area contributed by atoms with Crippen LogP contribution in [0.2, 0.25) is 0 Å². The molecule has 25 heavy (non-hydrogen) atoms. The van der Waals surface area contributed by atoms with Crippen molar-refractivity contribution in [1.82, 2.24) is 15.3 Å². The zero-order valence-electron chi connectivity index (χ0n) is 14.3. The number of nitrogens with one attached hydrogen (secondary N) is 2. The molecular weight excluding hydrogens is 314 g/mol. The number of aromatic nitrogens is 2. The Labute approximate surface area is 147 Å². The third-order valence-corrected chi connectivity index (χ3v) is 4.03. The molecule has 2 atom stereocenters. The number of carbonyl (C=O) groups is 1. The Bertz CT molecular complexity index is 815. The van der Waals surface area contributed by atoms with Crippen molar-refractivity contribution in [1.29, 1.82) is 0 Å². The number of nitrogens with zero attached hydrogens (tertiary/aromatic N) is 1. The Hall–Kier alpha value is -2.92. The molecule has 0 radical (unpaired) electrons. The molecule has 5 nitrogen and oxygen atoms in total. The topological polar surface area (TPSA) is 67.0 Å². The molecule has 3 aromatic rings. The number of carbonyl (C=O) groups excluding carboxylic acids is 1. The lowest BCUT2D eigenvalue weighted by Gasteiger charge is -2.18. The van der Waals surface area contributed by atoms with E-state index in [9.17, 15) is 4.79 Å². The Morgan fingerprint density at radius 2 is 1.72 bits per heavy atom. The van der Waals surface area contributed by atoms with Gasteiger partial charge in [-0.25, -0.2) is 4.98 Å². The van der Waals surface area contributed by atoms with Gasteiger partial charge >= 0.3 is 0 Å². The molecule has 0 fully saturated rings. The fourth-order valence-electron chi connectivity index (χ4n) is 2.70. The number of ether oxygens (including phenoxy) is 1. The number of amides is 1. The smallest absolute Gasteiger partial charge is 0.254 e. The van der Waals surface area contributed by atoms with Gasteiger partial charge < -0.3 is 15.0 Å². The van der Waals surface area contributed by atoms with E-state index < -0.39 is 6.10 Å². The van der Waals surface area contributed by atoms with E-state index in [4.69, 9.17) is 4.74 Å². The molecule has 0 spiro atoms. The van der Waals surface area contributed by atoms with Crippen LogP contribution < -0.4 is 5.32 Å². The van der Waals surface area contributed by atoms with Crippen LogP contribution in [0.3, 0.4) is 0 Å². The van der Waals surface area contributed by atoms with Crippen LogP contribution in [0.1, 0.15) is 30.5 Å². The number of benzene rings is 2. The molecule has 2 N–H and O–H groups in total. The molecule has 0 saturated carbocycles. The van der Waals surface area contributed by atoms with E-state index in [0.717, 1.165) is 16.8 Å². The van der Waals surface area contributed by atoms with Crippen molar-refractivity contribution in [2.24, 2.45) is 0 Å². The van der Waals surface area contributed by atoms with Gasteiger partial charge in [-0.05, 0) is 18.1 Å². The highest BCUT2D eigenvalue weighted by molar-refractivity contribution is 5.82. The van der Waals surface area contributed by atoms with Crippen molar-refractivity contribution in [2.75, 3.05) is 7.11 Å². The van der Waals surface area contributed by atoms with Gasteiger partial charge in [0.15, 0.2) is 6.10 Å². The van der Waals surface area contributed by atoms with Crippen molar-refractivity contribution < 1.29 is 9.53 Å². The Kier molecular flexibility index (Phi) is 5.26. The van der Waals surface area contributed by atoms with Gasteiger partial charge in [0.2, 0.25) is 0 Å². The highest BCUT2D eigenvalue weighted by Crippen LogP contribution is 2.21. The maximum absolute atomic E-state index is 12.6. The first-order valence-electron chi connectivity index (χ1n) is 8.17. The second-order valence-corrected chi connectivity index (χ2v) is 5.80. The number of hydrogen-bond donors (Lipinski definition) is 2. The SMILES string of the molecule is CO[C@@H](C(=O)N[C@@H](C)c1ncc(-c2ccccc2)[nH]1)c1ccccc1. The summed E-state index contributed by atoms with van der Waals surface area (Å²) in [5.41, 5.74) is 2.79. The number of rotatable bonds is 6. The summed E-state index contributed by atoms with van der Waals surface area (Å²) in [5, 5.41) is 2.95. The summed E-state index contributed by atoms with van der Waals surface area (Å²) in [6, 6.07) is 19.1. The van der Waals surface area contributed by atoms with Crippen molar-refractivity contribution in [3.8, 4) is 11.3 Å². The summed E-state index contributed by atoms with van der Waals surface area (Å²) in [4.78, 5) is 20.2. The van der Waals surface area contributed by atoms with E-state index in [-0.39, 0.29) is 11.9 Å². The molecular formula is C20H21N3O2. The molecule has 0 bridgehead atoms. The van der Waals surface area contributed by atoms with E-state index in [1.165, 1.54) is 7.11 Å². The molecule has 0 saturated heterocycles. The van der Waals surface area contributed by atoms with Crippen LogP contribution in [0.4, 0.5) is 0 Å². The zero-order valence-corrected chi connectivity index (χ0v) is 14.3. The van der Waals surface area contributed by atoms with Crippen LogP contribution in [-0.2, 0) is 9.53 Å². The summed E-state index contributed by atoms with van der Waals surface area (Å²) in [7, 11) is 1.53.